The van der Waals surface area contributed by atoms with Gasteiger partial charge in [0.2, 0.25) is 5.88 Å². The van der Waals surface area contributed by atoms with Crippen molar-refractivity contribution >= 4 is 16.6 Å². The van der Waals surface area contributed by atoms with Crippen LogP contribution in [0.3, 0.4) is 0 Å². The lowest BCUT2D eigenvalue weighted by Gasteiger charge is -2.26. The smallest absolute Gasteiger partial charge is 0.344 e. The lowest BCUT2D eigenvalue weighted by Crippen LogP contribution is -2.23. The van der Waals surface area contributed by atoms with Crippen molar-refractivity contribution in [2.45, 2.75) is 32.1 Å². The molecule has 4 aromatic heterocycles. The minimum atomic E-state index is -0.566. The molecular weight excluding hydrogens is 406 g/mol. The molecule has 0 N–H and O–H groups in total. The summed E-state index contributed by atoms with van der Waals surface area (Å²) in [5, 5.41) is 5.32. The summed E-state index contributed by atoms with van der Waals surface area (Å²) in [5.74, 6) is 0.921. The highest BCUT2D eigenvalue weighted by molar-refractivity contribution is 5.86. The van der Waals surface area contributed by atoms with Gasteiger partial charge in [0.25, 0.3) is 0 Å². The van der Waals surface area contributed by atoms with Gasteiger partial charge in [0.05, 0.1) is 28.1 Å². The Morgan fingerprint density at radius 3 is 2.59 bits per heavy atom. The van der Waals surface area contributed by atoms with Crippen LogP contribution in [0.15, 0.2) is 64.2 Å². The van der Waals surface area contributed by atoms with Gasteiger partial charge < -0.3 is 9.15 Å². The van der Waals surface area contributed by atoms with Crippen LogP contribution in [0.25, 0.3) is 16.6 Å². The van der Waals surface area contributed by atoms with Gasteiger partial charge in [-0.3, -0.25) is 4.98 Å². The molecule has 1 unspecified atom stereocenters. The highest BCUT2D eigenvalue weighted by Gasteiger charge is 2.38. The van der Waals surface area contributed by atoms with Crippen molar-refractivity contribution in [3.05, 3.63) is 88.1 Å². The van der Waals surface area contributed by atoms with E-state index in [0.717, 1.165) is 0 Å². The standard InChI is InChI=1S/C24H19N5O3/c1-24(2,3)23-27-20-18-16(14-9-6-7-11-25-14)17-19(32-21(18)26-12-29(20)28-23)13-8-4-5-10-15(13)31-22(17)30/h4-12,16H,1-3H3. The second-order valence-corrected chi connectivity index (χ2v) is 8.84. The minimum absolute atomic E-state index is 0.262. The van der Waals surface area contributed by atoms with E-state index in [1.54, 1.807) is 23.1 Å². The molecule has 158 valence electrons. The first-order valence-electron chi connectivity index (χ1n) is 10.3. The molecule has 32 heavy (non-hydrogen) atoms. The van der Waals surface area contributed by atoms with Gasteiger partial charge >= 0.3 is 5.63 Å². The van der Waals surface area contributed by atoms with E-state index >= 15 is 0 Å². The Balaban J connectivity index is 1.73. The van der Waals surface area contributed by atoms with Crippen molar-refractivity contribution < 1.29 is 9.15 Å². The first-order chi connectivity index (χ1) is 15.4. The van der Waals surface area contributed by atoms with Gasteiger partial charge in [0.1, 0.15) is 11.9 Å². The van der Waals surface area contributed by atoms with Crippen LogP contribution in [0.1, 0.15) is 49.3 Å². The van der Waals surface area contributed by atoms with Gasteiger partial charge in [-0.1, -0.05) is 39.0 Å². The third-order valence-electron chi connectivity index (χ3n) is 5.62. The topological polar surface area (TPSA) is 95.4 Å². The summed E-state index contributed by atoms with van der Waals surface area (Å²) in [4.78, 5) is 27.1. The molecule has 0 radical (unpaired) electrons. The third-order valence-corrected chi connectivity index (χ3v) is 5.62. The van der Waals surface area contributed by atoms with E-state index < -0.39 is 11.5 Å². The molecule has 6 rings (SSSR count). The van der Waals surface area contributed by atoms with Gasteiger partial charge in [-0.05, 0) is 24.3 Å². The largest absolute Gasteiger partial charge is 0.437 e. The molecule has 1 atom stereocenters. The number of ether oxygens (including phenoxy) is 1. The predicted molar refractivity (Wildman–Crippen MR) is 117 cm³/mol. The Morgan fingerprint density at radius 2 is 1.81 bits per heavy atom. The fraction of sp³-hybridized carbons (Fsp3) is 0.208. The van der Waals surface area contributed by atoms with Gasteiger partial charge in [-0.15, -0.1) is 5.10 Å². The molecule has 1 aliphatic heterocycles. The fourth-order valence-corrected chi connectivity index (χ4v) is 4.09. The quantitative estimate of drug-likeness (QED) is 0.364. The van der Waals surface area contributed by atoms with Crippen LogP contribution >= 0.6 is 0 Å². The van der Waals surface area contributed by atoms with E-state index in [1.165, 1.54) is 0 Å². The number of fused-ring (bicyclic) bond motifs is 6. The average Bonchev–Trinajstić information content (AvgIpc) is 3.24. The van der Waals surface area contributed by atoms with Crippen LogP contribution in [0.2, 0.25) is 0 Å². The van der Waals surface area contributed by atoms with Gasteiger partial charge in [-0.25, -0.2) is 19.3 Å². The molecular formula is C24H19N5O3. The second-order valence-electron chi connectivity index (χ2n) is 8.84. The first kappa shape index (κ1) is 18.7. The molecule has 0 saturated heterocycles. The molecule has 5 aromatic rings. The molecule has 0 saturated carbocycles. The summed E-state index contributed by atoms with van der Waals surface area (Å²) in [6.07, 6.45) is 3.29. The Labute approximate surface area is 182 Å². The number of rotatable bonds is 1. The SMILES string of the molecule is CC(C)(C)c1nc2c3c(ncn2n1)Oc1c(c(=O)oc2ccccc12)C3c1ccccn1. The molecule has 0 amide bonds. The summed E-state index contributed by atoms with van der Waals surface area (Å²) < 4.78 is 13.5. The molecule has 0 bridgehead atoms. The highest BCUT2D eigenvalue weighted by Crippen LogP contribution is 2.48. The summed E-state index contributed by atoms with van der Waals surface area (Å²) >= 11 is 0. The van der Waals surface area contributed by atoms with Crippen LogP contribution in [-0.4, -0.2) is 24.6 Å². The third kappa shape index (κ3) is 2.65. The number of hydrogen-bond donors (Lipinski definition) is 0. The van der Waals surface area contributed by atoms with Gasteiger partial charge in [0.15, 0.2) is 17.2 Å². The Hall–Kier alpha value is -4.07. The molecule has 0 aliphatic carbocycles. The molecule has 8 nitrogen and oxygen atoms in total. The molecule has 5 heterocycles. The van der Waals surface area contributed by atoms with E-state index in [2.05, 4.69) is 15.1 Å². The van der Waals surface area contributed by atoms with Crippen molar-refractivity contribution in [3.63, 3.8) is 0 Å². The van der Waals surface area contributed by atoms with Crippen molar-refractivity contribution in [2.24, 2.45) is 0 Å². The van der Waals surface area contributed by atoms with Crippen LogP contribution < -0.4 is 10.4 Å². The molecule has 0 fully saturated rings. The lowest BCUT2D eigenvalue weighted by molar-refractivity contribution is 0.421. The number of hydrogen-bond acceptors (Lipinski definition) is 7. The van der Waals surface area contributed by atoms with Crippen molar-refractivity contribution in [3.8, 4) is 11.6 Å². The van der Waals surface area contributed by atoms with Crippen molar-refractivity contribution in [1.29, 1.82) is 0 Å². The van der Waals surface area contributed by atoms with Crippen LogP contribution in [0, 0.1) is 0 Å². The van der Waals surface area contributed by atoms with E-state index in [0.29, 0.717) is 50.9 Å². The zero-order chi connectivity index (χ0) is 22.0. The van der Waals surface area contributed by atoms with E-state index in [1.807, 2.05) is 57.2 Å². The fourth-order valence-electron chi connectivity index (χ4n) is 4.09. The number of aromatic nitrogens is 5. The van der Waals surface area contributed by atoms with Gasteiger partial charge in [0, 0.05) is 11.6 Å². The number of benzene rings is 1. The molecule has 0 spiro atoms. The molecule has 8 heteroatoms. The molecule has 1 aromatic carbocycles. The maximum absolute atomic E-state index is 13.2. The lowest BCUT2D eigenvalue weighted by atomic mass is 9.87. The maximum Gasteiger partial charge on any atom is 0.344 e. The highest BCUT2D eigenvalue weighted by atomic mass is 16.5. The van der Waals surface area contributed by atoms with Crippen LogP contribution in [0.5, 0.6) is 11.6 Å². The van der Waals surface area contributed by atoms with Crippen LogP contribution in [0.4, 0.5) is 0 Å². The summed E-state index contributed by atoms with van der Waals surface area (Å²) in [6.45, 7) is 6.14. The van der Waals surface area contributed by atoms with Gasteiger partial charge in [-0.2, -0.15) is 0 Å². The normalized spacial score (nSPS) is 15.4. The number of nitrogens with zero attached hydrogens (tertiary/aromatic N) is 5. The minimum Gasteiger partial charge on any atom is -0.437 e. The Bertz CT molecular complexity index is 1560. The van der Waals surface area contributed by atoms with Crippen LogP contribution in [-0.2, 0) is 5.41 Å². The zero-order valence-corrected chi connectivity index (χ0v) is 17.7. The monoisotopic (exact) mass is 425 g/mol. The predicted octanol–water partition coefficient (Wildman–Crippen LogP) is 4.21. The maximum atomic E-state index is 13.2. The van der Waals surface area contributed by atoms with E-state index in [4.69, 9.17) is 14.1 Å². The summed E-state index contributed by atoms with van der Waals surface area (Å²) in [7, 11) is 0. The van der Waals surface area contributed by atoms with E-state index in [9.17, 15) is 4.79 Å². The number of pyridine rings is 1. The Kier molecular flexibility index (Phi) is 3.77. The van der Waals surface area contributed by atoms with Crippen molar-refractivity contribution in [1.82, 2.24) is 24.6 Å². The number of para-hydroxylation sites is 1. The second kappa shape index (κ2) is 6.46. The summed E-state index contributed by atoms with van der Waals surface area (Å²) in [5.41, 5.74) is 2.00. The van der Waals surface area contributed by atoms with Crippen molar-refractivity contribution in [2.75, 3.05) is 0 Å². The average molecular weight is 425 g/mol. The zero-order valence-electron chi connectivity index (χ0n) is 17.7. The van der Waals surface area contributed by atoms with E-state index in [-0.39, 0.29) is 5.41 Å². The molecule has 1 aliphatic rings. The summed E-state index contributed by atoms with van der Waals surface area (Å²) in [6, 6.07) is 12.9. The first-order valence-corrected chi connectivity index (χ1v) is 10.3. The Morgan fingerprint density at radius 1 is 1.00 bits per heavy atom.